The molecule has 7 nitrogen and oxygen atoms in total. The molecule has 2 amide bonds. The predicted octanol–water partition coefficient (Wildman–Crippen LogP) is 2.53. The topological polar surface area (TPSA) is 81.0 Å². The van der Waals surface area contributed by atoms with Gasteiger partial charge in [0.2, 0.25) is 5.91 Å². The molecular formula is C20H22N2O5. The van der Waals surface area contributed by atoms with Gasteiger partial charge in [-0.15, -0.1) is 0 Å². The summed E-state index contributed by atoms with van der Waals surface area (Å²) in [6.07, 6.45) is 4.60. The minimum Gasteiger partial charge on any atom is -0.486 e. The molecule has 3 heterocycles. The zero-order valence-electron chi connectivity index (χ0n) is 15.1. The van der Waals surface area contributed by atoms with E-state index in [-0.39, 0.29) is 17.9 Å². The summed E-state index contributed by atoms with van der Waals surface area (Å²) in [6.45, 7) is 3.46. The number of nitrogens with zero attached hydrogens (tertiary/aromatic N) is 1. The summed E-state index contributed by atoms with van der Waals surface area (Å²) in [7, 11) is 0. The molecule has 0 aliphatic carbocycles. The fraction of sp³-hybridized carbons (Fsp3) is 0.400. The van der Waals surface area contributed by atoms with Crippen LogP contribution in [-0.2, 0) is 4.79 Å². The second kappa shape index (κ2) is 7.34. The first-order valence-corrected chi connectivity index (χ1v) is 9.16. The summed E-state index contributed by atoms with van der Waals surface area (Å²) in [4.78, 5) is 27.0. The number of carbonyl (C=O) groups is 2. The molecule has 0 bridgehead atoms. The van der Waals surface area contributed by atoms with Crippen LogP contribution in [0.4, 0.5) is 0 Å². The lowest BCUT2D eigenvalue weighted by atomic mass is 10.0. The lowest BCUT2D eigenvalue weighted by Gasteiger charge is -2.29. The third kappa shape index (κ3) is 3.49. The molecular weight excluding hydrogens is 348 g/mol. The van der Waals surface area contributed by atoms with E-state index in [1.165, 1.54) is 12.5 Å². The number of nitrogens with one attached hydrogen (secondary N) is 1. The van der Waals surface area contributed by atoms with Gasteiger partial charge in [-0.1, -0.05) is 6.07 Å². The van der Waals surface area contributed by atoms with Crippen molar-refractivity contribution >= 4 is 11.8 Å². The Kier molecular flexibility index (Phi) is 4.75. The van der Waals surface area contributed by atoms with E-state index in [0.29, 0.717) is 25.3 Å². The highest BCUT2D eigenvalue weighted by atomic mass is 16.6. The Labute approximate surface area is 157 Å². The normalized spacial score (nSPS) is 19.6. The summed E-state index contributed by atoms with van der Waals surface area (Å²) < 4.78 is 16.2. The van der Waals surface area contributed by atoms with E-state index in [1.54, 1.807) is 13.0 Å². The molecule has 27 heavy (non-hydrogen) atoms. The fourth-order valence-electron chi connectivity index (χ4n) is 3.63. The maximum absolute atomic E-state index is 13.0. The van der Waals surface area contributed by atoms with Crippen molar-refractivity contribution in [1.82, 2.24) is 10.2 Å². The van der Waals surface area contributed by atoms with Crippen LogP contribution >= 0.6 is 0 Å². The molecule has 2 aromatic rings. The van der Waals surface area contributed by atoms with E-state index >= 15 is 0 Å². The lowest BCUT2D eigenvalue weighted by Crippen LogP contribution is -2.46. The van der Waals surface area contributed by atoms with Crippen molar-refractivity contribution in [3.05, 3.63) is 47.9 Å². The fourth-order valence-corrected chi connectivity index (χ4v) is 3.63. The highest BCUT2D eigenvalue weighted by Gasteiger charge is 2.33. The van der Waals surface area contributed by atoms with Crippen LogP contribution in [0, 0.1) is 0 Å². The molecule has 1 N–H and O–H groups in total. The van der Waals surface area contributed by atoms with Crippen molar-refractivity contribution in [2.75, 3.05) is 19.8 Å². The van der Waals surface area contributed by atoms with Gasteiger partial charge in [-0.3, -0.25) is 9.59 Å². The Morgan fingerprint density at radius 1 is 1.19 bits per heavy atom. The minimum atomic E-state index is -0.620. The van der Waals surface area contributed by atoms with Crippen LogP contribution < -0.4 is 14.8 Å². The van der Waals surface area contributed by atoms with Crippen LogP contribution in [0.25, 0.3) is 0 Å². The smallest absolute Gasteiger partial charge is 0.255 e. The Morgan fingerprint density at radius 3 is 2.78 bits per heavy atom. The van der Waals surface area contributed by atoms with Crippen molar-refractivity contribution in [3.8, 4) is 11.5 Å². The highest BCUT2D eigenvalue weighted by Crippen LogP contribution is 2.38. The first-order valence-electron chi connectivity index (χ1n) is 9.16. The van der Waals surface area contributed by atoms with Crippen molar-refractivity contribution in [2.45, 2.75) is 31.8 Å². The van der Waals surface area contributed by atoms with Gasteiger partial charge in [0.05, 0.1) is 17.9 Å². The Balaban J connectivity index is 1.47. The number of furan rings is 1. The molecule has 1 fully saturated rings. The SMILES string of the molecule is CC(NC(=O)c1ccoc1)C(=O)N1CCCC1c1ccc2c(c1)OCCO2. The van der Waals surface area contributed by atoms with Gasteiger partial charge in [0, 0.05) is 6.54 Å². The molecule has 142 valence electrons. The molecule has 0 spiro atoms. The molecule has 7 heteroatoms. The number of likely N-dealkylation sites (tertiary alicyclic amines) is 1. The zero-order chi connectivity index (χ0) is 18.8. The molecule has 1 aromatic heterocycles. The maximum atomic E-state index is 13.0. The van der Waals surface area contributed by atoms with E-state index in [1.807, 2.05) is 23.1 Å². The van der Waals surface area contributed by atoms with Crippen LogP contribution in [0.2, 0.25) is 0 Å². The van der Waals surface area contributed by atoms with Gasteiger partial charge in [-0.25, -0.2) is 0 Å². The van der Waals surface area contributed by atoms with Crippen LogP contribution in [0.15, 0.2) is 41.2 Å². The van der Waals surface area contributed by atoms with Crippen LogP contribution in [0.3, 0.4) is 0 Å². The standard InChI is InChI=1S/C20H22N2O5/c1-13(21-19(23)15-6-8-25-12-15)20(24)22-7-2-3-16(22)14-4-5-17-18(11-14)27-10-9-26-17/h4-6,8,11-13,16H,2-3,7,9-10H2,1H3,(H,21,23). The summed E-state index contributed by atoms with van der Waals surface area (Å²) in [5.41, 5.74) is 1.43. The molecule has 2 atom stereocenters. The zero-order valence-corrected chi connectivity index (χ0v) is 15.1. The molecule has 0 radical (unpaired) electrons. The number of carbonyl (C=O) groups excluding carboxylic acids is 2. The number of benzene rings is 1. The minimum absolute atomic E-state index is 0.0263. The third-order valence-corrected chi connectivity index (χ3v) is 4.99. The molecule has 0 saturated carbocycles. The van der Waals surface area contributed by atoms with Gasteiger partial charge in [-0.05, 0) is 43.5 Å². The van der Waals surface area contributed by atoms with E-state index in [4.69, 9.17) is 13.9 Å². The largest absolute Gasteiger partial charge is 0.486 e. The summed E-state index contributed by atoms with van der Waals surface area (Å²) >= 11 is 0. The Bertz CT molecular complexity index is 833. The Hall–Kier alpha value is -2.96. The van der Waals surface area contributed by atoms with Crippen LogP contribution in [-0.4, -0.2) is 42.5 Å². The predicted molar refractivity (Wildman–Crippen MR) is 96.8 cm³/mol. The molecule has 1 aromatic carbocycles. The van der Waals surface area contributed by atoms with Gasteiger partial charge < -0.3 is 24.1 Å². The molecule has 1 saturated heterocycles. The highest BCUT2D eigenvalue weighted by molar-refractivity contribution is 5.97. The summed E-state index contributed by atoms with van der Waals surface area (Å²) in [5.74, 6) is 1.05. The first kappa shape index (κ1) is 17.5. The van der Waals surface area contributed by atoms with Crippen molar-refractivity contribution in [2.24, 2.45) is 0 Å². The number of rotatable bonds is 4. The van der Waals surface area contributed by atoms with Gasteiger partial charge >= 0.3 is 0 Å². The third-order valence-electron chi connectivity index (χ3n) is 4.99. The average molecular weight is 370 g/mol. The molecule has 2 aliphatic rings. The molecule has 2 aliphatic heterocycles. The van der Waals surface area contributed by atoms with Crippen molar-refractivity contribution < 1.29 is 23.5 Å². The summed E-state index contributed by atoms with van der Waals surface area (Å²) in [5, 5.41) is 2.75. The average Bonchev–Trinajstić information content (AvgIpc) is 3.38. The number of hydrogen-bond donors (Lipinski definition) is 1. The maximum Gasteiger partial charge on any atom is 0.255 e. The number of fused-ring (bicyclic) bond motifs is 1. The summed E-state index contributed by atoms with van der Waals surface area (Å²) in [6, 6.07) is 6.76. The van der Waals surface area contributed by atoms with E-state index < -0.39 is 6.04 Å². The van der Waals surface area contributed by atoms with Gasteiger partial charge in [0.15, 0.2) is 11.5 Å². The van der Waals surface area contributed by atoms with Gasteiger partial charge in [-0.2, -0.15) is 0 Å². The van der Waals surface area contributed by atoms with Gasteiger partial charge in [0.25, 0.3) is 5.91 Å². The lowest BCUT2D eigenvalue weighted by molar-refractivity contribution is -0.133. The number of amides is 2. The Morgan fingerprint density at radius 2 is 2.00 bits per heavy atom. The number of hydrogen-bond acceptors (Lipinski definition) is 5. The number of ether oxygens (including phenoxy) is 2. The van der Waals surface area contributed by atoms with E-state index in [2.05, 4.69) is 5.32 Å². The van der Waals surface area contributed by atoms with E-state index in [9.17, 15) is 9.59 Å². The second-order valence-corrected chi connectivity index (χ2v) is 6.80. The van der Waals surface area contributed by atoms with Crippen LogP contribution in [0.5, 0.6) is 11.5 Å². The van der Waals surface area contributed by atoms with Crippen LogP contribution in [0.1, 0.15) is 41.7 Å². The quantitative estimate of drug-likeness (QED) is 0.894. The first-order chi connectivity index (χ1) is 13.1. The monoisotopic (exact) mass is 370 g/mol. The second-order valence-electron chi connectivity index (χ2n) is 6.80. The molecule has 4 rings (SSSR count). The van der Waals surface area contributed by atoms with Gasteiger partial charge in [0.1, 0.15) is 25.5 Å². The van der Waals surface area contributed by atoms with E-state index in [0.717, 1.165) is 29.9 Å². The van der Waals surface area contributed by atoms with Crippen molar-refractivity contribution in [1.29, 1.82) is 0 Å². The van der Waals surface area contributed by atoms with Crippen molar-refractivity contribution in [3.63, 3.8) is 0 Å². The molecule has 2 unspecified atom stereocenters.